The van der Waals surface area contributed by atoms with Gasteiger partial charge in [0.15, 0.2) is 5.65 Å². The number of para-hydroxylation sites is 2. The number of halogens is 1. The number of aryl methyl sites for hydroxylation is 2. The number of ether oxygens (including phenoxy) is 1. The van der Waals surface area contributed by atoms with E-state index in [0.717, 1.165) is 27.9 Å². The molecule has 9 heteroatoms. The molecule has 1 aliphatic rings. The van der Waals surface area contributed by atoms with Crippen molar-refractivity contribution in [1.82, 2.24) is 14.8 Å². The summed E-state index contributed by atoms with van der Waals surface area (Å²) >= 11 is 6.29. The van der Waals surface area contributed by atoms with Gasteiger partial charge in [-0.15, -0.1) is 0 Å². The van der Waals surface area contributed by atoms with Crippen LogP contribution in [0.5, 0.6) is 5.88 Å². The second kappa shape index (κ2) is 10.7. The summed E-state index contributed by atoms with van der Waals surface area (Å²) in [5, 5.41) is 10.3. The van der Waals surface area contributed by atoms with Crippen molar-refractivity contribution in [2.75, 3.05) is 5.73 Å². The van der Waals surface area contributed by atoms with Crippen LogP contribution in [-0.4, -0.2) is 26.3 Å². The SMILES string of the molecule is Cc1cccc(COc2nc3c(cc2C2=NOC=CC(c4cccc(Cl)c4N)=N2)c(C)nn3-c2ccccc2)c1. The molecule has 8 nitrogen and oxygen atoms in total. The number of oxime groups is 1. The molecule has 0 bridgehead atoms. The van der Waals surface area contributed by atoms with E-state index >= 15 is 0 Å². The Balaban J connectivity index is 1.50. The standard InChI is InChI=1S/C31H25ClN6O2/c1-19-8-6-9-21(16-19)18-39-31-25(17-24-20(2)36-38(30(24)35-31)22-10-4-3-5-11-22)29-34-27(14-15-40-37-29)23-12-7-13-26(32)28(23)33/h3-17H,18,33H2,1-2H3. The summed E-state index contributed by atoms with van der Waals surface area (Å²) in [7, 11) is 0. The van der Waals surface area contributed by atoms with Crippen LogP contribution in [0.2, 0.25) is 5.02 Å². The lowest BCUT2D eigenvalue weighted by Gasteiger charge is -2.12. The number of fused-ring (bicyclic) bond motifs is 1. The summed E-state index contributed by atoms with van der Waals surface area (Å²) in [5.74, 6) is 0.623. The Hall–Kier alpha value is -4.95. The molecule has 5 aromatic rings. The minimum Gasteiger partial charge on any atom is -0.472 e. The number of anilines is 1. The lowest BCUT2D eigenvalue weighted by atomic mass is 10.1. The van der Waals surface area contributed by atoms with Crippen molar-refractivity contribution in [3.63, 3.8) is 0 Å². The number of pyridine rings is 1. The van der Waals surface area contributed by atoms with Gasteiger partial charge in [0.05, 0.1) is 33.4 Å². The topological polar surface area (TPSA) is 99.9 Å². The number of nitrogen functional groups attached to an aromatic ring is 1. The second-order valence-corrected chi connectivity index (χ2v) is 9.75. The Labute approximate surface area is 236 Å². The molecule has 6 rings (SSSR count). The number of allylic oxidation sites excluding steroid dienone is 1. The second-order valence-electron chi connectivity index (χ2n) is 9.34. The van der Waals surface area contributed by atoms with Crippen LogP contribution in [0.1, 0.15) is 27.9 Å². The number of aromatic nitrogens is 3. The fraction of sp³-hybridized carbons (Fsp3) is 0.0968. The summed E-state index contributed by atoms with van der Waals surface area (Å²) in [5.41, 5.74) is 12.9. The van der Waals surface area contributed by atoms with E-state index < -0.39 is 0 Å². The lowest BCUT2D eigenvalue weighted by Crippen LogP contribution is -2.10. The minimum absolute atomic E-state index is 0.278. The number of benzene rings is 3. The van der Waals surface area contributed by atoms with Gasteiger partial charge in [0.1, 0.15) is 12.9 Å². The molecule has 0 amide bonds. The Morgan fingerprint density at radius 2 is 1.77 bits per heavy atom. The molecule has 0 saturated heterocycles. The van der Waals surface area contributed by atoms with Crippen LogP contribution < -0.4 is 10.5 Å². The van der Waals surface area contributed by atoms with Gasteiger partial charge >= 0.3 is 0 Å². The third-order valence-electron chi connectivity index (χ3n) is 6.49. The summed E-state index contributed by atoms with van der Waals surface area (Å²) < 4.78 is 8.15. The fourth-order valence-corrected chi connectivity index (χ4v) is 4.68. The van der Waals surface area contributed by atoms with Gasteiger partial charge in [-0.05, 0) is 43.7 Å². The third-order valence-corrected chi connectivity index (χ3v) is 6.82. The normalized spacial score (nSPS) is 13.0. The molecule has 0 atom stereocenters. The van der Waals surface area contributed by atoms with E-state index in [1.54, 1.807) is 12.1 Å². The molecule has 198 valence electrons. The molecule has 0 radical (unpaired) electrons. The van der Waals surface area contributed by atoms with E-state index in [2.05, 4.69) is 11.2 Å². The van der Waals surface area contributed by atoms with Crippen molar-refractivity contribution in [1.29, 1.82) is 0 Å². The first-order chi connectivity index (χ1) is 19.5. The zero-order valence-corrected chi connectivity index (χ0v) is 22.6. The number of hydrogen-bond donors (Lipinski definition) is 1. The number of hydrogen-bond acceptors (Lipinski definition) is 7. The number of amidine groups is 1. The highest BCUT2D eigenvalue weighted by atomic mass is 35.5. The van der Waals surface area contributed by atoms with Gasteiger partial charge in [-0.25, -0.2) is 9.67 Å². The number of rotatable bonds is 6. The Kier molecular flexibility index (Phi) is 6.76. The van der Waals surface area contributed by atoms with Gasteiger partial charge < -0.3 is 15.3 Å². The molecule has 0 spiro atoms. The average molecular weight is 549 g/mol. The Bertz CT molecular complexity index is 1830. The van der Waals surface area contributed by atoms with Crippen molar-refractivity contribution in [2.45, 2.75) is 20.5 Å². The van der Waals surface area contributed by atoms with Crippen LogP contribution in [0.25, 0.3) is 16.7 Å². The van der Waals surface area contributed by atoms with Gasteiger partial charge in [0.2, 0.25) is 11.7 Å². The molecule has 3 aromatic carbocycles. The predicted octanol–water partition coefficient (Wildman–Crippen LogP) is 6.55. The van der Waals surface area contributed by atoms with Gasteiger partial charge in [-0.3, -0.25) is 0 Å². The molecule has 40 heavy (non-hydrogen) atoms. The largest absolute Gasteiger partial charge is 0.472 e. The average Bonchev–Trinajstić information content (AvgIpc) is 3.12. The van der Waals surface area contributed by atoms with E-state index in [1.165, 1.54) is 6.26 Å². The van der Waals surface area contributed by atoms with Crippen LogP contribution in [-0.2, 0) is 11.4 Å². The smallest absolute Gasteiger partial charge is 0.227 e. The van der Waals surface area contributed by atoms with Crippen LogP contribution in [0.15, 0.2) is 101 Å². The number of aliphatic imine (C=N–C) groups is 1. The summed E-state index contributed by atoms with van der Waals surface area (Å²) in [6.07, 6.45) is 3.14. The van der Waals surface area contributed by atoms with Crippen LogP contribution in [0.3, 0.4) is 0 Å². The summed E-state index contributed by atoms with van der Waals surface area (Å²) in [6, 6.07) is 25.3. The zero-order chi connectivity index (χ0) is 27.6. The van der Waals surface area contributed by atoms with Crippen molar-refractivity contribution >= 4 is 39.9 Å². The highest BCUT2D eigenvalue weighted by molar-refractivity contribution is 6.34. The lowest BCUT2D eigenvalue weighted by molar-refractivity contribution is 0.268. The Morgan fingerprint density at radius 1 is 0.950 bits per heavy atom. The van der Waals surface area contributed by atoms with E-state index in [1.807, 2.05) is 85.3 Å². The van der Waals surface area contributed by atoms with Gasteiger partial charge in [0.25, 0.3) is 0 Å². The molecular weight excluding hydrogens is 524 g/mol. The summed E-state index contributed by atoms with van der Waals surface area (Å²) in [6.45, 7) is 4.29. The Morgan fingerprint density at radius 3 is 2.60 bits per heavy atom. The highest BCUT2D eigenvalue weighted by Gasteiger charge is 2.22. The molecule has 0 aliphatic carbocycles. The molecular formula is C31H25ClN6O2. The first-order valence-electron chi connectivity index (χ1n) is 12.7. The molecule has 2 aromatic heterocycles. The molecule has 3 heterocycles. The molecule has 1 aliphatic heterocycles. The fourth-order valence-electron chi connectivity index (χ4n) is 4.51. The first-order valence-corrected chi connectivity index (χ1v) is 13.0. The van der Waals surface area contributed by atoms with Crippen molar-refractivity contribution in [3.8, 4) is 11.6 Å². The van der Waals surface area contributed by atoms with Crippen molar-refractivity contribution in [2.24, 2.45) is 10.1 Å². The third kappa shape index (κ3) is 4.92. The van der Waals surface area contributed by atoms with E-state index in [9.17, 15) is 0 Å². The maximum atomic E-state index is 6.34. The highest BCUT2D eigenvalue weighted by Crippen LogP contribution is 2.30. The first kappa shape index (κ1) is 25.3. The number of nitrogens with zero attached hydrogens (tertiary/aromatic N) is 5. The van der Waals surface area contributed by atoms with E-state index in [4.69, 9.17) is 42.0 Å². The minimum atomic E-state index is 0.278. The van der Waals surface area contributed by atoms with Crippen LogP contribution in [0.4, 0.5) is 5.69 Å². The summed E-state index contributed by atoms with van der Waals surface area (Å²) in [4.78, 5) is 15.2. The molecule has 0 unspecified atom stereocenters. The maximum Gasteiger partial charge on any atom is 0.227 e. The molecule has 0 saturated carbocycles. The number of nitrogens with two attached hydrogens (primary N) is 1. The van der Waals surface area contributed by atoms with Crippen LogP contribution in [0, 0.1) is 13.8 Å². The van der Waals surface area contributed by atoms with Gasteiger partial charge in [-0.1, -0.05) is 76.9 Å². The van der Waals surface area contributed by atoms with E-state index in [-0.39, 0.29) is 5.84 Å². The zero-order valence-electron chi connectivity index (χ0n) is 21.9. The molecule has 0 fully saturated rings. The van der Waals surface area contributed by atoms with Crippen molar-refractivity contribution < 1.29 is 9.57 Å². The van der Waals surface area contributed by atoms with Crippen molar-refractivity contribution in [3.05, 3.63) is 124 Å². The monoisotopic (exact) mass is 548 g/mol. The van der Waals surface area contributed by atoms with E-state index in [0.29, 0.717) is 45.7 Å². The predicted molar refractivity (Wildman–Crippen MR) is 158 cm³/mol. The van der Waals surface area contributed by atoms with Gasteiger partial charge in [-0.2, -0.15) is 10.1 Å². The quantitative estimate of drug-likeness (QED) is 0.243. The maximum absolute atomic E-state index is 6.34. The molecule has 2 N–H and O–H groups in total. The van der Waals surface area contributed by atoms with Gasteiger partial charge in [0, 0.05) is 17.0 Å². The van der Waals surface area contributed by atoms with Crippen LogP contribution >= 0.6 is 11.6 Å².